The number of alkyl halides is 3. The lowest BCUT2D eigenvalue weighted by molar-refractivity contribution is -0.0893. The summed E-state index contributed by atoms with van der Waals surface area (Å²) in [5.74, 6) is -2.12. The van der Waals surface area contributed by atoms with Gasteiger partial charge in [0.05, 0.1) is 17.3 Å². The number of nitrogens with zero attached hydrogens (tertiary/aromatic N) is 4. The molecule has 10 heteroatoms. The first-order valence-corrected chi connectivity index (χ1v) is 12.3. The van der Waals surface area contributed by atoms with Gasteiger partial charge >= 0.3 is 6.18 Å². The lowest BCUT2D eigenvalue weighted by atomic mass is 9.79. The standard InChI is InChI=1S/C28H26F3N5O2/c1-17-13-18(4-6-21(17)19-3-5-20(14-32)34-15-19)25(37)23-16-36-22(26(38)28(29,30)31)7-8-24(36)27(35(23)2)9-11-33-12-10-27/h3-8,13,15,23,33H,9-12,16H2,1-2H3. The van der Waals surface area contributed by atoms with Gasteiger partial charge in [0.1, 0.15) is 11.8 Å². The first-order chi connectivity index (χ1) is 18.1. The van der Waals surface area contributed by atoms with E-state index in [1.54, 1.807) is 36.5 Å². The van der Waals surface area contributed by atoms with Crippen molar-refractivity contribution in [2.45, 2.75) is 44.1 Å². The topological polar surface area (TPSA) is 91.0 Å². The minimum atomic E-state index is -5.01. The van der Waals surface area contributed by atoms with Gasteiger partial charge in [0, 0.05) is 29.6 Å². The molecular weight excluding hydrogens is 495 g/mol. The van der Waals surface area contributed by atoms with Gasteiger partial charge in [-0.15, -0.1) is 0 Å². The molecule has 38 heavy (non-hydrogen) atoms. The van der Waals surface area contributed by atoms with Crippen molar-refractivity contribution in [2.75, 3.05) is 20.1 Å². The average Bonchev–Trinajstić information content (AvgIpc) is 3.34. The zero-order valence-corrected chi connectivity index (χ0v) is 21.0. The molecule has 0 bridgehead atoms. The summed E-state index contributed by atoms with van der Waals surface area (Å²) in [6, 6.07) is 12.8. The van der Waals surface area contributed by atoms with Crippen LogP contribution >= 0.6 is 0 Å². The Labute approximate surface area is 217 Å². The van der Waals surface area contributed by atoms with E-state index in [1.807, 2.05) is 31.0 Å². The molecule has 0 saturated carbocycles. The Morgan fingerprint density at radius 3 is 2.47 bits per heavy atom. The molecule has 2 aliphatic rings. The van der Waals surface area contributed by atoms with Gasteiger partial charge in [0.15, 0.2) is 5.78 Å². The van der Waals surface area contributed by atoms with Crippen LogP contribution in [0, 0.1) is 18.3 Å². The van der Waals surface area contributed by atoms with Crippen molar-refractivity contribution in [3.8, 4) is 17.2 Å². The number of aromatic nitrogens is 2. The van der Waals surface area contributed by atoms with Crippen molar-refractivity contribution in [1.82, 2.24) is 19.8 Å². The molecule has 7 nitrogen and oxygen atoms in total. The van der Waals surface area contributed by atoms with Crippen LogP contribution in [-0.2, 0) is 12.1 Å². The third-order valence-electron chi connectivity index (χ3n) is 7.88. The number of nitriles is 1. The first-order valence-electron chi connectivity index (χ1n) is 12.3. The molecule has 1 saturated heterocycles. The molecule has 2 aromatic heterocycles. The lowest BCUT2D eigenvalue weighted by Crippen LogP contribution is -2.61. The van der Waals surface area contributed by atoms with Crippen molar-refractivity contribution in [3.63, 3.8) is 0 Å². The summed E-state index contributed by atoms with van der Waals surface area (Å²) in [5, 5.41) is 12.3. The van der Waals surface area contributed by atoms with E-state index in [-0.39, 0.29) is 12.3 Å². The molecule has 1 spiro atoms. The largest absolute Gasteiger partial charge is 0.456 e. The predicted molar refractivity (Wildman–Crippen MR) is 134 cm³/mol. The van der Waals surface area contributed by atoms with E-state index >= 15 is 0 Å². The summed E-state index contributed by atoms with van der Waals surface area (Å²) in [7, 11) is 1.85. The molecule has 1 fully saturated rings. The first kappa shape index (κ1) is 25.8. The second-order valence-corrected chi connectivity index (χ2v) is 9.89. The normalized spacial score (nSPS) is 19.1. The number of carbonyl (C=O) groups excluding carboxylic acids is 2. The summed E-state index contributed by atoms with van der Waals surface area (Å²) < 4.78 is 41.6. The van der Waals surface area contributed by atoms with Gasteiger partial charge in [-0.25, -0.2) is 4.98 Å². The highest BCUT2D eigenvalue weighted by atomic mass is 19.4. The number of nitrogens with one attached hydrogen (secondary N) is 1. The fraction of sp³-hybridized carbons (Fsp3) is 0.357. The van der Waals surface area contributed by atoms with E-state index in [0.717, 1.165) is 16.7 Å². The highest BCUT2D eigenvalue weighted by molar-refractivity contribution is 6.02. The third-order valence-corrected chi connectivity index (χ3v) is 7.88. The van der Waals surface area contributed by atoms with Crippen LogP contribution in [0.1, 0.15) is 50.6 Å². The fourth-order valence-corrected chi connectivity index (χ4v) is 5.85. The molecular formula is C28H26F3N5O2. The zero-order valence-electron chi connectivity index (χ0n) is 21.0. The second-order valence-electron chi connectivity index (χ2n) is 9.89. The molecule has 196 valence electrons. The number of aryl methyl sites for hydroxylation is 1. The minimum Gasteiger partial charge on any atom is -0.338 e. The van der Waals surface area contributed by atoms with Gasteiger partial charge in [0.25, 0.3) is 5.78 Å². The van der Waals surface area contributed by atoms with Crippen molar-refractivity contribution < 1.29 is 22.8 Å². The number of ketones is 2. The Bertz CT molecular complexity index is 1450. The van der Waals surface area contributed by atoms with E-state index in [2.05, 4.69) is 10.3 Å². The number of piperidine rings is 1. The van der Waals surface area contributed by atoms with Crippen LogP contribution in [0.15, 0.2) is 48.7 Å². The van der Waals surface area contributed by atoms with Crippen LogP contribution in [0.4, 0.5) is 13.2 Å². The van der Waals surface area contributed by atoms with E-state index < -0.39 is 29.2 Å². The molecule has 1 aromatic carbocycles. The Morgan fingerprint density at radius 1 is 1.13 bits per heavy atom. The van der Waals surface area contributed by atoms with Crippen LogP contribution in [0.5, 0.6) is 0 Å². The molecule has 3 aromatic rings. The van der Waals surface area contributed by atoms with Crippen LogP contribution in [0.2, 0.25) is 0 Å². The van der Waals surface area contributed by atoms with E-state index in [0.29, 0.717) is 42.9 Å². The number of likely N-dealkylation sites (N-methyl/N-ethyl adjacent to an activating group) is 1. The fourth-order valence-electron chi connectivity index (χ4n) is 5.85. The van der Waals surface area contributed by atoms with Crippen LogP contribution in [0.3, 0.4) is 0 Å². The van der Waals surface area contributed by atoms with Gasteiger partial charge in [-0.1, -0.05) is 12.1 Å². The monoisotopic (exact) mass is 521 g/mol. The van der Waals surface area contributed by atoms with Gasteiger partial charge in [-0.3, -0.25) is 14.5 Å². The maximum Gasteiger partial charge on any atom is 0.456 e. The molecule has 5 rings (SSSR count). The highest BCUT2D eigenvalue weighted by Gasteiger charge is 2.50. The molecule has 0 amide bonds. The van der Waals surface area contributed by atoms with Crippen LogP contribution in [0.25, 0.3) is 11.1 Å². The molecule has 1 unspecified atom stereocenters. The number of carbonyl (C=O) groups is 2. The summed E-state index contributed by atoms with van der Waals surface area (Å²) in [4.78, 5) is 32.3. The molecule has 0 radical (unpaired) electrons. The van der Waals surface area contributed by atoms with Crippen molar-refractivity contribution in [2.24, 2.45) is 0 Å². The van der Waals surface area contributed by atoms with Crippen molar-refractivity contribution >= 4 is 11.6 Å². The van der Waals surface area contributed by atoms with E-state index in [9.17, 15) is 22.8 Å². The van der Waals surface area contributed by atoms with Gasteiger partial charge in [-0.2, -0.15) is 18.4 Å². The molecule has 1 N–H and O–H groups in total. The zero-order chi connectivity index (χ0) is 27.2. The molecule has 2 aliphatic heterocycles. The van der Waals surface area contributed by atoms with E-state index in [4.69, 9.17) is 5.26 Å². The third kappa shape index (κ3) is 4.22. The SMILES string of the molecule is Cc1cc(C(=O)C2Cn3c(C(=O)C(F)(F)F)ccc3C3(CCNCC3)N2C)ccc1-c1ccc(C#N)nc1. The number of halogens is 3. The highest BCUT2D eigenvalue weighted by Crippen LogP contribution is 2.43. The van der Waals surface area contributed by atoms with Crippen LogP contribution < -0.4 is 5.32 Å². The number of hydrogen-bond acceptors (Lipinski definition) is 6. The predicted octanol–water partition coefficient (Wildman–Crippen LogP) is 4.25. The number of hydrogen-bond donors (Lipinski definition) is 1. The maximum absolute atomic E-state index is 13.9. The smallest absolute Gasteiger partial charge is 0.338 e. The maximum atomic E-state index is 13.9. The summed E-state index contributed by atoms with van der Waals surface area (Å²) in [5.41, 5.74) is 2.76. The number of Topliss-reactive ketones (excluding diaryl/α,β-unsaturated/α-hetero) is 2. The van der Waals surface area contributed by atoms with Crippen molar-refractivity contribution in [3.05, 3.63) is 76.9 Å². The Morgan fingerprint density at radius 2 is 1.87 bits per heavy atom. The average molecular weight is 522 g/mol. The lowest BCUT2D eigenvalue weighted by Gasteiger charge is -2.52. The number of fused-ring (bicyclic) bond motifs is 2. The molecule has 0 aliphatic carbocycles. The summed E-state index contributed by atoms with van der Waals surface area (Å²) >= 11 is 0. The Hall–Kier alpha value is -3.81. The Kier molecular flexibility index (Phi) is 6.45. The number of rotatable bonds is 4. The quantitative estimate of drug-likeness (QED) is 0.517. The number of pyridine rings is 1. The summed E-state index contributed by atoms with van der Waals surface area (Å²) in [6.07, 6.45) is -2.21. The van der Waals surface area contributed by atoms with E-state index in [1.165, 1.54) is 10.6 Å². The Balaban J connectivity index is 1.53. The van der Waals surface area contributed by atoms with Gasteiger partial charge in [-0.05, 0) is 81.4 Å². The van der Waals surface area contributed by atoms with Crippen LogP contribution in [-0.4, -0.2) is 58.4 Å². The van der Waals surface area contributed by atoms with Crippen molar-refractivity contribution in [1.29, 1.82) is 5.26 Å². The van der Waals surface area contributed by atoms with Gasteiger partial charge in [0.2, 0.25) is 0 Å². The number of benzene rings is 1. The minimum absolute atomic E-state index is 0.0513. The summed E-state index contributed by atoms with van der Waals surface area (Å²) in [6.45, 7) is 3.11. The second kappa shape index (κ2) is 9.49. The van der Waals surface area contributed by atoms with Gasteiger partial charge < -0.3 is 9.88 Å². The molecule has 1 atom stereocenters. The molecule has 4 heterocycles.